The van der Waals surface area contributed by atoms with Gasteiger partial charge in [0.2, 0.25) is 0 Å². The second kappa shape index (κ2) is 11.5. The van der Waals surface area contributed by atoms with Gasteiger partial charge in [-0.3, -0.25) is 9.59 Å². The van der Waals surface area contributed by atoms with Gasteiger partial charge in [0.15, 0.2) is 0 Å². The molecule has 7 nitrogen and oxygen atoms in total. The minimum absolute atomic E-state index is 0.0320. The number of halogens is 1. The average Bonchev–Trinajstić information content (AvgIpc) is 3.67. The van der Waals surface area contributed by atoms with Crippen molar-refractivity contribution in [3.05, 3.63) is 88.1 Å². The Bertz CT molecular complexity index is 1400. The van der Waals surface area contributed by atoms with Crippen LogP contribution in [0.1, 0.15) is 70.0 Å². The highest BCUT2D eigenvalue weighted by molar-refractivity contribution is 6.33. The van der Waals surface area contributed by atoms with E-state index < -0.39 is 0 Å². The maximum absolute atomic E-state index is 13.6. The van der Waals surface area contributed by atoms with Gasteiger partial charge in [0.05, 0.1) is 16.6 Å². The van der Waals surface area contributed by atoms with Gasteiger partial charge in [-0.25, -0.2) is 4.98 Å². The predicted molar refractivity (Wildman–Crippen MR) is 159 cm³/mol. The van der Waals surface area contributed by atoms with Crippen molar-refractivity contribution in [1.82, 2.24) is 15.2 Å². The average molecular weight is 558 g/mol. The molecule has 1 aliphatic carbocycles. The van der Waals surface area contributed by atoms with Crippen molar-refractivity contribution >= 4 is 34.9 Å². The summed E-state index contributed by atoms with van der Waals surface area (Å²) in [5, 5.41) is 3.57. The van der Waals surface area contributed by atoms with Gasteiger partial charge >= 0.3 is 0 Å². The number of carbonyl (C=O) groups excluding carboxylic acids is 2. The Morgan fingerprint density at radius 3 is 2.50 bits per heavy atom. The molecule has 1 aromatic heterocycles. The number of hydrogen-bond donors (Lipinski definition) is 1. The second-order valence-electron chi connectivity index (χ2n) is 11.2. The molecular weight excluding hydrogens is 522 g/mol. The Hall–Kier alpha value is -3.58. The Morgan fingerprint density at radius 1 is 0.950 bits per heavy atom. The highest BCUT2D eigenvalue weighted by Crippen LogP contribution is 2.33. The summed E-state index contributed by atoms with van der Waals surface area (Å²) in [7, 11) is 1.92. The molecule has 2 saturated heterocycles. The molecule has 1 atom stereocenters. The number of benzene rings is 2. The van der Waals surface area contributed by atoms with E-state index in [-0.39, 0.29) is 23.9 Å². The largest absolute Gasteiger partial charge is 0.371 e. The minimum Gasteiger partial charge on any atom is -0.371 e. The van der Waals surface area contributed by atoms with Crippen molar-refractivity contribution in [1.29, 1.82) is 0 Å². The van der Waals surface area contributed by atoms with Crippen LogP contribution in [0.15, 0.2) is 60.8 Å². The summed E-state index contributed by atoms with van der Waals surface area (Å²) in [6.45, 7) is 3.99. The van der Waals surface area contributed by atoms with E-state index in [1.807, 2.05) is 48.5 Å². The van der Waals surface area contributed by atoms with Gasteiger partial charge in [0.1, 0.15) is 5.82 Å². The van der Waals surface area contributed by atoms with Crippen molar-refractivity contribution < 1.29 is 9.59 Å². The zero-order valence-corrected chi connectivity index (χ0v) is 23.7. The number of nitrogens with zero attached hydrogens (tertiary/aromatic N) is 4. The molecule has 8 heteroatoms. The summed E-state index contributed by atoms with van der Waals surface area (Å²) in [4.78, 5) is 37.8. The van der Waals surface area contributed by atoms with Gasteiger partial charge in [-0.1, -0.05) is 29.8 Å². The van der Waals surface area contributed by atoms with Crippen LogP contribution in [0, 0.1) is 0 Å². The fraction of sp³-hybridized carbons (Fsp3) is 0.406. The van der Waals surface area contributed by atoms with Crippen molar-refractivity contribution in [3.8, 4) is 0 Å². The lowest BCUT2D eigenvalue weighted by Crippen LogP contribution is -2.45. The molecule has 208 valence electrons. The number of aromatic nitrogens is 1. The molecular formula is C32H36ClN5O2. The molecule has 0 unspecified atom stereocenters. The molecule has 3 heterocycles. The highest BCUT2D eigenvalue weighted by atomic mass is 35.5. The molecule has 3 aliphatic rings. The number of aryl methyl sites for hydroxylation is 1. The maximum Gasteiger partial charge on any atom is 0.253 e. The molecule has 3 aromatic rings. The zero-order valence-electron chi connectivity index (χ0n) is 23.0. The SMILES string of the molecule is CN(C(=O)c1ccc2c(c1)[C@H](NC(=O)c1ccccc1Cl)CC2)C1CCN(c2ccnc(N3CCCC3)c2)CC1. The van der Waals surface area contributed by atoms with E-state index in [4.69, 9.17) is 11.6 Å². The van der Waals surface area contributed by atoms with Gasteiger partial charge in [0, 0.05) is 62.8 Å². The standard InChI is InChI=1S/C32H36ClN5O2/c1-36(24-13-18-37(19-14-24)25-12-15-34-30(21-25)38-16-4-5-17-38)32(40)23-9-8-22-10-11-29(27(22)20-23)35-31(39)26-6-2-3-7-28(26)33/h2-3,6-9,12,15,20-21,24,29H,4-5,10-11,13-14,16-19H2,1H3,(H,35,39)/t29-/m1/s1. The number of pyridine rings is 1. The Kier molecular flexibility index (Phi) is 7.65. The monoisotopic (exact) mass is 557 g/mol. The van der Waals surface area contributed by atoms with E-state index in [0.717, 1.165) is 63.2 Å². The zero-order chi connectivity index (χ0) is 27.6. The van der Waals surface area contributed by atoms with Crippen molar-refractivity contribution in [2.45, 2.75) is 50.6 Å². The van der Waals surface area contributed by atoms with Crippen molar-refractivity contribution in [2.24, 2.45) is 0 Å². The van der Waals surface area contributed by atoms with Crippen LogP contribution in [0.5, 0.6) is 0 Å². The molecule has 2 aromatic carbocycles. The molecule has 2 fully saturated rings. The number of nitrogens with one attached hydrogen (secondary N) is 1. The lowest BCUT2D eigenvalue weighted by molar-refractivity contribution is 0.0709. The fourth-order valence-electron chi connectivity index (χ4n) is 6.37. The summed E-state index contributed by atoms with van der Waals surface area (Å²) in [5.74, 6) is 0.915. The summed E-state index contributed by atoms with van der Waals surface area (Å²) in [6.07, 6.45) is 7.92. The number of amides is 2. The summed E-state index contributed by atoms with van der Waals surface area (Å²) in [5.41, 5.74) is 4.57. The third kappa shape index (κ3) is 5.39. The van der Waals surface area contributed by atoms with Gasteiger partial charge in [-0.2, -0.15) is 0 Å². The normalized spacial score (nSPS) is 19.0. The van der Waals surface area contributed by atoms with Crippen LogP contribution in [0.25, 0.3) is 0 Å². The lowest BCUT2D eigenvalue weighted by atomic mass is 10.00. The van der Waals surface area contributed by atoms with Crippen LogP contribution >= 0.6 is 11.6 Å². The van der Waals surface area contributed by atoms with Gasteiger partial charge < -0.3 is 20.0 Å². The topological polar surface area (TPSA) is 68.8 Å². The number of carbonyl (C=O) groups is 2. The first-order valence-corrected chi connectivity index (χ1v) is 14.8. The number of hydrogen-bond acceptors (Lipinski definition) is 5. The fourth-order valence-corrected chi connectivity index (χ4v) is 6.59. The third-order valence-corrected chi connectivity index (χ3v) is 9.08. The smallest absolute Gasteiger partial charge is 0.253 e. The van der Waals surface area contributed by atoms with Gasteiger partial charge in [-0.15, -0.1) is 0 Å². The van der Waals surface area contributed by atoms with Gasteiger partial charge in [-0.05, 0) is 80.0 Å². The first-order chi connectivity index (χ1) is 19.5. The summed E-state index contributed by atoms with van der Waals surface area (Å²) < 4.78 is 0. The molecule has 2 aliphatic heterocycles. The molecule has 6 rings (SSSR count). The Balaban J connectivity index is 1.09. The van der Waals surface area contributed by atoms with Crippen LogP contribution in [-0.2, 0) is 6.42 Å². The Morgan fingerprint density at radius 2 is 1.73 bits per heavy atom. The second-order valence-corrected chi connectivity index (χ2v) is 11.6. The number of anilines is 2. The molecule has 0 saturated carbocycles. The molecule has 0 spiro atoms. The van der Waals surface area contributed by atoms with E-state index in [0.29, 0.717) is 16.1 Å². The first kappa shape index (κ1) is 26.6. The number of rotatable bonds is 6. The van der Waals surface area contributed by atoms with Crippen LogP contribution in [0.3, 0.4) is 0 Å². The van der Waals surface area contributed by atoms with Crippen LogP contribution < -0.4 is 15.1 Å². The van der Waals surface area contributed by atoms with Crippen LogP contribution in [0.4, 0.5) is 11.5 Å². The first-order valence-electron chi connectivity index (χ1n) is 14.4. The number of piperidine rings is 1. The molecule has 0 bridgehead atoms. The lowest BCUT2D eigenvalue weighted by Gasteiger charge is -2.38. The predicted octanol–water partition coefficient (Wildman–Crippen LogP) is 5.49. The Labute approximate surface area is 241 Å². The van der Waals surface area contributed by atoms with E-state index in [2.05, 4.69) is 32.2 Å². The molecule has 1 N–H and O–H groups in total. The van der Waals surface area contributed by atoms with E-state index in [1.165, 1.54) is 24.1 Å². The quantitative estimate of drug-likeness (QED) is 0.434. The summed E-state index contributed by atoms with van der Waals surface area (Å²) >= 11 is 6.24. The minimum atomic E-state index is -0.189. The van der Waals surface area contributed by atoms with Crippen LogP contribution in [-0.4, -0.2) is 61.0 Å². The van der Waals surface area contributed by atoms with Crippen molar-refractivity contribution in [3.63, 3.8) is 0 Å². The third-order valence-electron chi connectivity index (χ3n) is 8.75. The van der Waals surface area contributed by atoms with Gasteiger partial charge in [0.25, 0.3) is 11.8 Å². The van der Waals surface area contributed by atoms with Crippen molar-refractivity contribution in [2.75, 3.05) is 43.0 Å². The van der Waals surface area contributed by atoms with E-state index in [1.54, 1.807) is 12.1 Å². The highest BCUT2D eigenvalue weighted by Gasteiger charge is 2.30. The van der Waals surface area contributed by atoms with E-state index in [9.17, 15) is 9.59 Å². The summed E-state index contributed by atoms with van der Waals surface area (Å²) in [6, 6.07) is 17.4. The van der Waals surface area contributed by atoms with E-state index >= 15 is 0 Å². The van der Waals surface area contributed by atoms with Crippen LogP contribution in [0.2, 0.25) is 5.02 Å². The molecule has 40 heavy (non-hydrogen) atoms. The molecule has 0 radical (unpaired) electrons. The number of fused-ring (bicyclic) bond motifs is 1. The molecule has 2 amide bonds. The maximum atomic E-state index is 13.6.